The lowest BCUT2D eigenvalue weighted by Gasteiger charge is -2.09. The van der Waals surface area contributed by atoms with Crippen LogP contribution in [0.3, 0.4) is 0 Å². The lowest BCUT2D eigenvalue weighted by molar-refractivity contribution is 0.0463. The van der Waals surface area contributed by atoms with Gasteiger partial charge in [0.1, 0.15) is 6.61 Å². The largest absolute Gasteiger partial charge is 0.455 e. The minimum atomic E-state index is -0.464. The molecule has 0 saturated carbocycles. The van der Waals surface area contributed by atoms with Gasteiger partial charge in [-0.1, -0.05) is 23.2 Å². The second-order valence-electron chi connectivity index (χ2n) is 4.83. The third kappa shape index (κ3) is 3.19. The van der Waals surface area contributed by atoms with Crippen LogP contribution in [0, 0.1) is 13.8 Å². The molecule has 5 nitrogen and oxygen atoms in total. The van der Waals surface area contributed by atoms with Crippen molar-refractivity contribution in [1.82, 2.24) is 9.78 Å². The van der Waals surface area contributed by atoms with Gasteiger partial charge in [-0.15, -0.1) is 0 Å². The van der Waals surface area contributed by atoms with Gasteiger partial charge < -0.3 is 10.5 Å². The van der Waals surface area contributed by atoms with E-state index in [1.165, 1.54) is 0 Å². The van der Waals surface area contributed by atoms with Crippen LogP contribution in [0.5, 0.6) is 0 Å². The van der Waals surface area contributed by atoms with Crippen molar-refractivity contribution in [2.75, 3.05) is 5.73 Å². The first-order chi connectivity index (χ1) is 9.93. The second-order valence-corrected chi connectivity index (χ2v) is 5.21. The summed E-state index contributed by atoms with van der Waals surface area (Å²) < 4.78 is 7.05. The molecule has 1 aromatic heterocycles. The highest BCUT2D eigenvalue weighted by Gasteiger charge is 2.16. The molecule has 0 aliphatic carbocycles. The monoisotopic (exact) mass is 307 g/mol. The Morgan fingerprint density at radius 1 is 1.43 bits per heavy atom. The normalized spacial score (nSPS) is 10.7. The van der Waals surface area contributed by atoms with E-state index in [9.17, 15) is 4.79 Å². The maximum atomic E-state index is 12.1. The Morgan fingerprint density at radius 2 is 2.14 bits per heavy atom. The van der Waals surface area contributed by atoms with Crippen LogP contribution in [-0.2, 0) is 17.9 Å². The Balaban J connectivity index is 2.16. The standard InChI is InChI=1S/C15H18ClN3O2/c1-4-19-13(14(16)10(3)18-19)8-21-15(20)11-7-9(2)5-6-12(11)17/h5-7H,4,8,17H2,1-3H3. The Hall–Kier alpha value is -2.01. The molecule has 1 heterocycles. The van der Waals surface area contributed by atoms with Gasteiger partial charge >= 0.3 is 5.97 Å². The average molecular weight is 308 g/mol. The Morgan fingerprint density at radius 3 is 2.81 bits per heavy atom. The molecule has 21 heavy (non-hydrogen) atoms. The van der Waals surface area contributed by atoms with E-state index in [-0.39, 0.29) is 6.61 Å². The zero-order valence-electron chi connectivity index (χ0n) is 12.3. The first-order valence-corrected chi connectivity index (χ1v) is 7.06. The van der Waals surface area contributed by atoms with E-state index in [1.807, 2.05) is 26.8 Å². The summed E-state index contributed by atoms with van der Waals surface area (Å²) >= 11 is 6.18. The lowest BCUT2D eigenvalue weighted by Crippen LogP contribution is -2.11. The molecule has 0 spiro atoms. The first-order valence-electron chi connectivity index (χ1n) is 6.69. The molecule has 0 bridgehead atoms. The number of aryl methyl sites for hydroxylation is 3. The molecule has 2 aromatic rings. The molecule has 0 saturated heterocycles. The minimum Gasteiger partial charge on any atom is -0.455 e. The molecule has 0 fully saturated rings. The van der Waals surface area contributed by atoms with Gasteiger partial charge in [-0.05, 0) is 32.9 Å². The number of anilines is 1. The molecule has 112 valence electrons. The van der Waals surface area contributed by atoms with E-state index in [2.05, 4.69) is 5.10 Å². The number of hydrogen-bond acceptors (Lipinski definition) is 4. The zero-order chi connectivity index (χ0) is 15.6. The van der Waals surface area contributed by atoms with Gasteiger partial charge in [0.15, 0.2) is 0 Å². The number of nitrogen functional groups attached to an aromatic ring is 1. The van der Waals surface area contributed by atoms with E-state index in [4.69, 9.17) is 22.1 Å². The summed E-state index contributed by atoms with van der Waals surface area (Å²) in [5.41, 5.74) is 8.93. The van der Waals surface area contributed by atoms with Crippen LogP contribution in [0.4, 0.5) is 5.69 Å². The number of hydrogen-bond donors (Lipinski definition) is 1. The number of aromatic nitrogens is 2. The van der Waals surface area contributed by atoms with Crippen LogP contribution in [-0.4, -0.2) is 15.7 Å². The quantitative estimate of drug-likeness (QED) is 0.696. The van der Waals surface area contributed by atoms with Crippen LogP contribution in [0.25, 0.3) is 0 Å². The third-order valence-electron chi connectivity index (χ3n) is 3.22. The third-order valence-corrected chi connectivity index (χ3v) is 3.71. The average Bonchev–Trinajstić information content (AvgIpc) is 2.74. The molecule has 0 aliphatic heterocycles. The van der Waals surface area contributed by atoms with Crippen molar-refractivity contribution in [3.63, 3.8) is 0 Å². The molecule has 0 unspecified atom stereocenters. The number of esters is 1. The fraction of sp³-hybridized carbons (Fsp3) is 0.333. The molecule has 0 radical (unpaired) electrons. The summed E-state index contributed by atoms with van der Waals surface area (Å²) in [4.78, 5) is 12.1. The fourth-order valence-corrected chi connectivity index (χ4v) is 2.26. The summed E-state index contributed by atoms with van der Waals surface area (Å²) in [5, 5.41) is 4.81. The van der Waals surface area contributed by atoms with E-state index >= 15 is 0 Å². The van der Waals surface area contributed by atoms with Gasteiger partial charge in [-0.3, -0.25) is 4.68 Å². The second kappa shape index (κ2) is 6.18. The number of rotatable bonds is 4. The van der Waals surface area contributed by atoms with Gasteiger partial charge in [0.2, 0.25) is 0 Å². The highest BCUT2D eigenvalue weighted by atomic mass is 35.5. The van der Waals surface area contributed by atoms with Gasteiger partial charge in [-0.25, -0.2) is 4.79 Å². The van der Waals surface area contributed by atoms with Crippen molar-refractivity contribution < 1.29 is 9.53 Å². The van der Waals surface area contributed by atoms with Crippen LogP contribution >= 0.6 is 11.6 Å². The molecule has 6 heteroatoms. The molecule has 0 aliphatic rings. The summed E-state index contributed by atoms with van der Waals surface area (Å²) in [6.45, 7) is 6.39. The highest BCUT2D eigenvalue weighted by Crippen LogP contribution is 2.22. The molecule has 1 aromatic carbocycles. The molecule has 2 rings (SSSR count). The maximum Gasteiger partial charge on any atom is 0.340 e. The number of nitrogens with two attached hydrogens (primary N) is 1. The molecule has 0 amide bonds. The topological polar surface area (TPSA) is 70.1 Å². The van der Waals surface area contributed by atoms with E-state index in [0.29, 0.717) is 28.5 Å². The van der Waals surface area contributed by atoms with Gasteiger partial charge in [-0.2, -0.15) is 5.10 Å². The van der Waals surface area contributed by atoms with E-state index < -0.39 is 5.97 Å². The van der Waals surface area contributed by atoms with Crippen LogP contribution < -0.4 is 5.73 Å². The van der Waals surface area contributed by atoms with Crippen LogP contribution in [0.2, 0.25) is 5.02 Å². The van der Waals surface area contributed by atoms with Gasteiger partial charge in [0, 0.05) is 12.2 Å². The number of nitrogens with zero attached hydrogens (tertiary/aromatic N) is 2. The Kier molecular flexibility index (Phi) is 4.53. The predicted octanol–water partition coefficient (Wildman–Crippen LogP) is 3.11. The SMILES string of the molecule is CCn1nc(C)c(Cl)c1COC(=O)c1cc(C)ccc1N. The highest BCUT2D eigenvalue weighted by molar-refractivity contribution is 6.31. The molecule has 2 N–H and O–H groups in total. The van der Waals surface area contributed by atoms with Crippen LogP contribution in [0.1, 0.15) is 34.2 Å². The predicted molar refractivity (Wildman–Crippen MR) is 82.4 cm³/mol. The van der Waals surface area contributed by atoms with Crippen molar-refractivity contribution in [1.29, 1.82) is 0 Å². The Labute approximate surface area is 128 Å². The fourth-order valence-electron chi connectivity index (χ4n) is 2.07. The summed E-state index contributed by atoms with van der Waals surface area (Å²) in [6.07, 6.45) is 0. The van der Waals surface area contributed by atoms with Crippen LogP contribution in [0.15, 0.2) is 18.2 Å². The molecular formula is C15H18ClN3O2. The first kappa shape index (κ1) is 15.4. The van der Waals surface area contributed by atoms with Crippen molar-refractivity contribution in [2.24, 2.45) is 0 Å². The number of benzene rings is 1. The Bertz CT molecular complexity index is 680. The smallest absolute Gasteiger partial charge is 0.340 e. The summed E-state index contributed by atoms with van der Waals surface area (Å²) in [6, 6.07) is 5.25. The van der Waals surface area contributed by atoms with Crippen molar-refractivity contribution in [3.8, 4) is 0 Å². The maximum absolute atomic E-state index is 12.1. The van der Waals surface area contributed by atoms with Crippen molar-refractivity contribution in [2.45, 2.75) is 33.9 Å². The lowest BCUT2D eigenvalue weighted by atomic mass is 10.1. The summed E-state index contributed by atoms with van der Waals surface area (Å²) in [5.74, 6) is -0.464. The summed E-state index contributed by atoms with van der Waals surface area (Å²) in [7, 11) is 0. The van der Waals surface area contributed by atoms with Gasteiger partial charge in [0.05, 0.1) is 22.0 Å². The minimum absolute atomic E-state index is 0.0692. The molecular weight excluding hydrogens is 290 g/mol. The van der Waals surface area contributed by atoms with E-state index in [1.54, 1.807) is 16.8 Å². The van der Waals surface area contributed by atoms with Crippen molar-refractivity contribution in [3.05, 3.63) is 45.7 Å². The number of carbonyl (C=O) groups is 1. The molecule has 0 atom stereocenters. The van der Waals surface area contributed by atoms with E-state index in [0.717, 1.165) is 11.3 Å². The number of halogens is 1. The number of ether oxygens (including phenoxy) is 1. The van der Waals surface area contributed by atoms with Crippen molar-refractivity contribution >= 4 is 23.3 Å². The number of carbonyl (C=O) groups excluding carboxylic acids is 1. The zero-order valence-corrected chi connectivity index (χ0v) is 13.1. The van der Waals surface area contributed by atoms with Gasteiger partial charge in [0.25, 0.3) is 0 Å².